The minimum absolute atomic E-state index is 0.406. The molecule has 0 aliphatic carbocycles. The standard InChI is InChI=1S/C12H27SeSi/c1-10(2,3)14(13,11(4,5)6)12(7,8)9/h1-9H3/q-1. The Hall–Kier alpha value is 0.736. The van der Waals surface area contributed by atoms with E-state index in [0.717, 1.165) is 0 Å². The van der Waals surface area contributed by atoms with E-state index in [1.54, 1.807) is 0 Å². The molecule has 0 rings (SSSR count). The van der Waals surface area contributed by atoms with Crippen molar-refractivity contribution in [3.05, 3.63) is 0 Å². The molecule has 0 N–H and O–H groups in total. The summed E-state index contributed by atoms with van der Waals surface area (Å²) >= 11 is 3.65. The van der Waals surface area contributed by atoms with Crippen LogP contribution in [0.15, 0.2) is 0 Å². The molecular weight excluding hydrogens is 251 g/mol. The van der Waals surface area contributed by atoms with Gasteiger partial charge in [0.1, 0.15) is 0 Å². The summed E-state index contributed by atoms with van der Waals surface area (Å²) in [6, 6.07) is 0. The van der Waals surface area contributed by atoms with Gasteiger partial charge in [-0.25, -0.2) is 0 Å². The summed E-state index contributed by atoms with van der Waals surface area (Å²) in [5.74, 6) is 0. The van der Waals surface area contributed by atoms with Gasteiger partial charge in [0.25, 0.3) is 0 Å². The van der Waals surface area contributed by atoms with Crippen molar-refractivity contribution in [3.8, 4) is 0 Å². The second-order valence-corrected chi connectivity index (χ2v) is 17.1. The summed E-state index contributed by atoms with van der Waals surface area (Å²) in [5.41, 5.74) is 0. The van der Waals surface area contributed by atoms with Crippen molar-refractivity contribution in [2.45, 2.75) is 77.4 Å². The monoisotopic (exact) mass is 279 g/mol. The van der Waals surface area contributed by atoms with Gasteiger partial charge in [-0.05, 0) is 0 Å². The fourth-order valence-corrected chi connectivity index (χ4v) is 10.1. The number of hydrogen-bond acceptors (Lipinski definition) is 0. The molecule has 0 radical (unpaired) electrons. The fourth-order valence-electron chi connectivity index (χ4n) is 3.38. The Kier molecular flexibility index (Phi) is 3.83. The minimum atomic E-state index is -1.48. The van der Waals surface area contributed by atoms with Gasteiger partial charge in [-0.15, -0.1) is 0 Å². The van der Waals surface area contributed by atoms with Gasteiger partial charge in [-0.2, -0.15) is 0 Å². The van der Waals surface area contributed by atoms with Crippen molar-refractivity contribution in [1.82, 2.24) is 0 Å². The predicted octanol–water partition coefficient (Wildman–Crippen LogP) is 4.50. The van der Waals surface area contributed by atoms with Crippen molar-refractivity contribution < 1.29 is 0 Å². The Morgan fingerprint density at radius 1 is 0.571 bits per heavy atom. The Morgan fingerprint density at radius 3 is 0.714 bits per heavy atom. The Balaban J connectivity index is 5.54. The van der Waals surface area contributed by atoms with Gasteiger partial charge in [0.05, 0.1) is 0 Å². The van der Waals surface area contributed by atoms with Crippen LogP contribution in [0.25, 0.3) is 0 Å². The van der Waals surface area contributed by atoms with Gasteiger partial charge in [0, 0.05) is 0 Å². The molecule has 0 spiro atoms. The van der Waals surface area contributed by atoms with Crippen molar-refractivity contribution in [1.29, 1.82) is 0 Å². The topological polar surface area (TPSA) is 0 Å². The van der Waals surface area contributed by atoms with Crippen LogP contribution in [0.5, 0.6) is 0 Å². The van der Waals surface area contributed by atoms with E-state index in [-0.39, 0.29) is 0 Å². The second-order valence-electron chi connectivity index (χ2n) is 7.43. The molecule has 0 fully saturated rings. The third-order valence-electron chi connectivity index (χ3n) is 3.17. The van der Waals surface area contributed by atoms with E-state index >= 15 is 0 Å². The van der Waals surface area contributed by atoms with Gasteiger partial charge in [-0.1, -0.05) is 0 Å². The molecule has 0 unspecified atom stereocenters. The zero-order valence-corrected chi connectivity index (χ0v) is 14.1. The normalized spacial score (nSPS) is 15.9. The molecule has 0 saturated heterocycles. The molecule has 0 atom stereocenters. The first-order valence-electron chi connectivity index (χ1n) is 5.45. The molecule has 0 aromatic rings. The van der Waals surface area contributed by atoms with E-state index in [4.69, 9.17) is 0 Å². The first-order chi connectivity index (χ1) is 5.75. The van der Waals surface area contributed by atoms with E-state index in [1.807, 2.05) is 0 Å². The fraction of sp³-hybridized carbons (Fsp3) is 1.00. The van der Waals surface area contributed by atoms with Crippen LogP contribution < -0.4 is 0 Å². The molecule has 0 aliphatic heterocycles. The molecule has 86 valence electrons. The third kappa shape index (κ3) is 2.28. The van der Waals surface area contributed by atoms with E-state index in [0.29, 0.717) is 15.1 Å². The predicted molar refractivity (Wildman–Crippen MR) is 70.7 cm³/mol. The quantitative estimate of drug-likeness (QED) is 0.572. The number of rotatable bonds is 0. The molecule has 0 aliphatic rings. The Bertz CT molecular complexity index is 164. The first kappa shape index (κ1) is 14.7. The zero-order chi connectivity index (χ0) is 12.0. The molecular formula is C12H27SeSi-. The molecule has 0 nitrogen and oxygen atoms in total. The summed E-state index contributed by atoms with van der Waals surface area (Å²) in [7, 11) is 0. The maximum absolute atomic E-state index is 3.65. The maximum atomic E-state index is 3.65. The molecule has 0 aromatic heterocycles. The van der Waals surface area contributed by atoms with Crippen molar-refractivity contribution in [2.75, 3.05) is 0 Å². The summed E-state index contributed by atoms with van der Waals surface area (Å²) in [6.45, 7) is 20.1. The van der Waals surface area contributed by atoms with E-state index in [2.05, 4.69) is 77.7 Å². The third-order valence-corrected chi connectivity index (χ3v) is 21.1. The molecule has 14 heavy (non-hydrogen) atoms. The second kappa shape index (κ2) is 3.64. The average molecular weight is 278 g/mol. The van der Waals surface area contributed by atoms with Gasteiger partial charge >= 0.3 is 99.5 Å². The van der Waals surface area contributed by atoms with Crippen LogP contribution >= 0.6 is 0 Å². The van der Waals surface area contributed by atoms with Crippen LogP contribution in [-0.2, 0) is 0 Å². The van der Waals surface area contributed by atoms with Crippen LogP contribution in [0.1, 0.15) is 62.3 Å². The van der Waals surface area contributed by atoms with Crippen LogP contribution in [0.2, 0.25) is 15.1 Å². The van der Waals surface area contributed by atoms with Gasteiger partial charge in [0.2, 0.25) is 0 Å². The first-order valence-corrected chi connectivity index (χ1v) is 9.93. The van der Waals surface area contributed by atoms with Crippen molar-refractivity contribution in [2.24, 2.45) is 0 Å². The van der Waals surface area contributed by atoms with Crippen LogP contribution in [-0.4, -0.2) is 22.1 Å². The average Bonchev–Trinajstić information content (AvgIpc) is 1.77. The number of hydrogen-bond donors (Lipinski definition) is 0. The van der Waals surface area contributed by atoms with E-state index in [9.17, 15) is 0 Å². The summed E-state index contributed by atoms with van der Waals surface area (Å²) in [4.78, 5) is 0. The van der Waals surface area contributed by atoms with Crippen molar-refractivity contribution >= 4 is 22.1 Å². The SMILES string of the molecule is CC(C)(C)[Si]([Se-])(C(C)(C)C)C(C)(C)C. The molecule has 0 aromatic carbocycles. The Morgan fingerprint density at radius 2 is 0.714 bits per heavy atom. The van der Waals surface area contributed by atoms with E-state index < -0.39 is 6.68 Å². The summed E-state index contributed by atoms with van der Waals surface area (Å²) < 4.78 is 0. The summed E-state index contributed by atoms with van der Waals surface area (Å²) in [5, 5.41) is 1.22. The molecule has 0 heterocycles. The van der Waals surface area contributed by atoms with E-state index in [1.165, 1.54) is 0 Å². The Labute approximate surface area is 99.5 Å². The van der Waals surface area contributed by atoms with Gasteiger partial charge < -0.3 is 0 Å². The molecule has 2 heteroatoms. The zero-order valence-electron chi connectivity index (χ0n) is 11.4. The van der Waals surface area contributed by atoms with Crippen LogP contribution in [0, 0.1) is 0 Å². The van der Waals surface area contributed by atoms with Crippen molar-refractivity contribution in [3.63, 3.8) is 0 Å². The molecule has 0 bridgehead atoms. The molecule has 0 saturated carbocycles. The van der Waals surface area contributed by atoms with Gasteiger partial charge in [0.15, 0.2) is 0 Å². The van der Waals surface area contributed by atoms with Crippen LogP contribution in [0.4, 0.5) is 0 Å². The summed E-state index contributed by atoms with van der Waals surface area (Å²) in [6.07, 6.45) is 0. The van der Waals surface area contributed by atoms with Gasteiger partial charge in [-0.3, -0.25) is 0 Å². The van der Waals surface area contributed by atoms with Crippen LogP contribution in [0.3, 0.4) is 0 Å². The molecule has 0 amide bonds.